The van der Waals surface area contributed by atoms with Gasteiger partial charge in [-0.1, -0.05) is 170 Å². The van der Waals surface area contributed by atoms with Crippen LogP contribution in [-0.2, 0) is 0 Å². The molecule has 4 nitrogen and oxygen atoms in total. The Balaban J connectivity index is 1.10. The van der Waals surface area contributed by atoms with E-state index in [1.165, 1.54) is 31.3 Å². The Labute approximate surface area is 327 Å². The summed E-state index contributed by atoms with van der Waals surface area (Å²) < 4.78 is 9.55. The first-order valence-electron chi connectivity index (χ1n) is 18.7. The molecule has 0 radical (unpaired) electrons. The topological polar surface area (TPSA) is 51.8 Å². The molecule has 0 amide bonds. The minimum atomic E-state index is 0.561. The van der Waals surface area contributed by atoms with E-state index < -0.39 is 0 Å². The molecule has 0 aliphatic rings. The Morgan fingerprint density at radius 2 is 0.732 bits per heavy atom. The average Bonchev–Trinajstić information content (AvgIpc) is 3.86. The van der Waals surface area contributed by atoms with Crippen molar-refractivity contribution in [2.75, 3.05) is 0 Å². The van der Waals surface area contributed by atoms with Crippen LogP contribution >= 0.6 is 11.3 Å². The summed E-state index contributed by atoms with van der Waals surface area (Å²) in [5, 5.41) is 4.58. The molecule has 8 aromatic carbocycles. The quantitative estimate of drug-likeness (QED) is 0.171. The zero-order chi connectivity index (χ0) is 37.0. The lowest BCUT2D eigenvalue weighted by Gasteiger charge is -2.09. The molecule has 0 atom stereocenters. The number of nitrogens with zero attached hydrogens (tertiary/aromatic N) is 3. The van der Waals surface area contributed by atoms with Crippen molar-refractivity contribution in [3.8, 4) is 67.5 Å². The van der Waals surface area contributed by atoms with Gasteiger partial charge in [-0.2, -0.15) is 0 Å². The predicted octanol–water partition coefficient (Wildman–Crippen LogP) is 14.1. The number of hydrogen-bond acceptors (Lipinski definition) is 5. The summed E-state index contributed by atoms with van der Waals surface area (Å²) in [6, 6.07) is 65.5. The van der Waals surface area contributed by atoms with Gasteiger partial charge in [0.05, 0.1) is 5.56 Å². The van der Waals surface area contributed by atoms with E-state index in [4.69, 9.17) is 19.4 Å². The first kappa shape index (κ1) is 32.2. The van der Waals surface area contributed by atoms with Gasteiger partial charge in [0.25, 0.3) is 0 Å². The van der Waals surface area contributed by atoms with Crippen molar-refractivity contribution in [1.29, 1.82) is 0 Å². The third-order valence-electron chi connectivity index (χ3n) is 10.6. The van der Waals surface area contributed by atoms with E-state index in [0.29, 0.717) is 17.5 Å². The van der Waals surface area contributed by atoms with Crippen LogP contribution < -0.4 is 0 Å². The van der Waals surface area contributed by atoms with Gasteiger partial charge in [0.15, 0.2) is 17.5 Å². The molecule has 11 aromatic rings. The number of thiophene rings is 1. The van der Waals surface area contributed by atoms with Gasteiger partial charge in [-0.05, 0) is 46.0 Å². The van der Waals surface area contributed by atoms with Crippen molar-refractivity contribution < 1.29 is 4.42 Å². The molecule has 0 fully saturated rings. The minimum absolute atomic E-state index is 0.561. The molecule has 3 aromatic heterocycles. The van der Waals surface area contributed by atoms with Crippen molar-refractivity contribution >= 4 is 53.4 Å². The third-order valence-corrected chi connectivity index (χ3v) is 11.7. The Bertz CT molecular complexity index is 3230. The van der Waals surface area contributed by atoms with E-state index >= 15 is 0 Å². The van der Waals surface area contributed by atoms with Gasteiger partial charge >= 0.3 is 0 Å². The van der Waals surface area contributed by atoms with Crippen LogP contribution in [0.3, 0.4) is 0 Å². The van der Waals surface area contributed by atoms with Crippen LogP contribution in [0.25, 0.3) is 110 Å². The van der Waals surface area contributed by atoms with Crippen LogP contribution in [0.5, 0.6) is 0 Å². The van der Waals surface area contributed by atoms with Crippen LogP contribution in [0, 0.1) is 0 Å². The minimum Gasteiger partial charge on any atom is -0.455 e. The summed E-state index contributed by atoms with van der Waals surface area (Å²) in [5.74, 6) is 1.77. The molecule has 262 valence electrons. The third kappa shape index (κ3) is 5.40. The lowest BCUT2D eigenvalue weighted by molar-refractivity contribution is 0.670. The second-order valence-corrected chi connectivity index (χ2v) is 15.0. The van der Waals surface area contributed by atoms with E-state index in [1.54, 1.807) is 0 Å². The van der Waals surface area contributed by atoms with Crippen LogP contribution in [0.15, 0.2) is 192 Å². The Hall–Kier alpha value is -7.21. The van der Waals surface area contributed by atoms with E-state index in [0.717, 1.165) is 60.9 Å². The van der Waals surface area contributed by atoms with Gasteiger partial charge in [0.2, 0.25) is 0 Å². The second-order valence-electron chi connectivity index (χ2n) is 13.9. The molecule has 0 aliphatic heterocycles. The molecule has 0 saturated heterocycles. The van der Waals surface area contributed by atoms with Crippen molar-refractivity contribution in [1.82, 2.24) is 15.0 Å². The standard InChI is InChI=1S/C51H31N3OS/c1-4-14-32(15-5-1)33-28-30-36(31-29-33)50-52-49(35-18-8-3-9-19-35)53-51(54-50)42-25-11-24-41-40-23-10-22-39(47(40)55-48(41)42)38-21-13-27-44-46(38)45-37(20-12-26-43(45)56-44)34-16-6-2-7-17-34/h1-31H. The number of aromatic nitrogens is 3. The molecular formula is C51H31N3OS. The highest BCUT2D eigenvalue weighted by Gasteiger charge is 2.21. The first-order chi connectivity index (χ1) is 27.8. The molecule has 0 unspecified atom stereocenters. The van der Waals surface area contributed by atoms with Crippen molar-refractivity contribution in [2.24, 2.45) is 0 Å². The maximum Gasteiger partial charge on any atom is 0.167 e. The molecule has 56 heavy (non-hydrogen) atoms. The van der Waals surface area contributed by atoms with Crippen molar-refractivity contribution in [3.63, 3.8) is 0 Å². The monoisotopic (exact) mass is 733 g/mol. The normalized spacial score (nSPS) is 11.6. The first-order valence-corrected chi connectivity index (χ1v) is 19.5. The average molecular weight is 734 g/mol. The smallest absolute Gasteiger partial charge is 0.167 e. The largest absolute Gasteiger partial charge is 0.455 e. The number of benzene rings is 8. The maximum atomic E-state index is 7.03. The molecule has 5 heteroatoms. The van der Waals surface area contributed by atoms with E-state index in [9.17, 15) is 0 Å². The van der Waals surface area contributed by atoms with Gasteiger partial charge in [0.1, 0.15) is 11.2 Å². The Kier molecular flexibility index (Phi) is 7.64. The van der Waals surface area contributed by atoms with Gasteiger partial charge in [-0.3, -0.25) is 0 Å². The Morgan fingerprint density at radius 3 is 1.38 bits per heavy atom. The highest BCUT2D eigenvalue weighted by atomic mass is 32.1. The van der Waals surface area contributed by atoms with Gasteiger partial charge in [-0.25, -0.2) is 15.0 Å². The van der Waals surface area contributed by atoms with Crippen LogP contribution in [-0.4, -0.2) is 15.0 Å². The summed E-state index contributed by atoms with van der Waals surface area (Å²) in [4.78, 5) is 15.2. The van der Waals surface area contributed by atoms with E-state index in [-0.39, 0.29) is 0 Å². The molecule has 0 spiro atoms. The molecule has 11 rings (SSSR count). The SMILES string of the molecule is c1ccc(-c2ccc(-c3nc(-c4ccccc4)nc(-c4cccc5c4oc4c(-c6cccc7sc8cccc(-c9ccccc9)c8c67)cccc45)n3)cc2)cc1. The fraction of sp³-hybridized carbons (Fsp3) is 0. The van der Waals surface area contributed by atoms with Crippen LogP contribution in [0.4, 0.5) is 0 Å². The number of furan rings is 1. The molecular weight excluding hydrogens is 703 g/mol. The van der Waals surface area contributed by atoms with Crippen LogP contribution in [0.2, 0.25) is 0 Å². The fourth-order valence-corrected chi connectivity index (χ4v) is 9.10. The van der Waals surface area contributed by atoms with E-state index in [1.807, 2.05) is 47.7 Å². The van der Waals surface area contributed by atoms with Crippen LogP contribution in [0.1, 0.15) is 0 Å². The maximum absolute atomic E-state index is 7.03. The van der Waals surface area contributed by atoms with Crippen molar-refractivity contribution in [2.45, 2.75) is 0 Å². The summed E-state index contributed by atoms with van der Waals surface area (Å²) in [6.07, 6.45) is 0. The molecule has 3 heterocycles. The highest BCUT2D eigenvalue weighted by Crippen LogP contribution is 2.47. The van der Waals surface area contributed by atoms with Crippen molar-refractivity contribution in [3.05, 3.63) is 188 Å². The fourth-order valence-electron chi connectivity index (χ4n) is 7.94. The number of fused-ring (bicyclic) bond motifs is 6. The van der Waals surface area contributed by atoms with Gasteiger partial charge in [0, 0.05) is 47.6 Å². The number of rotatable bonds is 6. The van der Waals surface area contributed by atoms with E-state index in [2.05, 4.69) is 152 Å². The number of hydrogen-bond donors (Lipinski definition) is 0. The highest BCUT2D eigenvalue weighted by molar-refractivity contribution is 7.26. The summed E-state index contributed by atoms with van der Waals surface area (Å²) >= 11 is 1.83. The molecule has 0 saturated carbocycles. The zero-order valence-electron chi connectivity index (χ0n) is 30.1. The lowest BCUT2D eigenvalue weighted by Crippen LogP contribution is -2.00. The molecule has 0 bridgehead atoms. The summed E-state index contributed by atoms with van der Waals surface area (Å²) in [7, 11) is 0. The number of para-hydroxylation sites is 2. The zero-order valence-corrected chi connectivity index (χ0v) is 30.9. The second kappa shape index (κ2) is 13.3. The predicted molar refractivity (Wildman–Crippen MR) is 233 cm³/mol. The molecule has 0 aliphatic carbocycles. The Morgan fingerprint density at radius 1 is 0.304 bits per heavy atom. The molecule has 0 N–H and O–H groups in total. The lowest BCUT2D eigenvalue weighted by atomic mass is 9.94. The van der Waals surface area contributed by atoms with Gasteiger partial charge < -0.3 is 4.42 Å². The summed E-state index contributed by atoms with van der Waals surface area (Å²) in [5.41, 5.74) is 11.2. The van der Waals surface area contributed by atoms with Gasteiger partial charge in [-0.15, -0.1) is 11.3 Å². The summed E-state index contributed by atoms with van der Waals surface area (Å²) in [6.45, 7) is 0.